The summed E-state index contributed by atoms with van der Waals surface area (Å²) in [6.07, 6.45) is 8.11. The molecule has 0 spiro atoms. The molecule has 1 rings (SSSR count). The van der Waals surface area contributed by atoms with Gasteiger partial charge >= 0.3 is 0 Å². The normalized spacial score (nSPS) is 16.4. The maximum atomic E-state index is 5.89. The summed E-state index contributed by atoms with van der Waals surface area (Å²) in [5.74, 6) is 1.02. The van der Waals surface area contributed by atoms with Crippen LogP contribution in [0.15, 0.2) is 4.99 Å². The van der Waals surface area contributed by atoms with Crippen LogP contribution in [0.5, 0.6) is 0 Å². The molecule has 1 aliphatic carbocycles. The highest BCUT2D eigenvalue weighted by Crippen LogP contribution is 2.20. The van der Waals surface area contributed by atoms with Crippen molar-refractivity contribution in [1.29, 1.82) is 0 Å². The highest BCUT2D eigenvalue weighted by atomic mass is 16.5. The van der Waals surface area contributed by atoms with Crippen LogP contribution in [0.25, 0.3) is 0 Å². The molecule has 0 aromatic carbocycles. The highest BCUT2D eigenvalue weighted by molar-refractivity contribution is 5.79. The van der Waals surface area contributed by atoms with E-state index in [1.807, 2.05) is 38.0 Å². The van der Waals surface area contributed by atoms with Gasteiger partial charge in [0.1, 0.15) is 0 Å². The zero-order valence-corrected chi connectivity index (χ0v) is 12.5. The maximum Gasteiger partial charge on any atom is 0.195 e. The van der Waals surface area contributed by atoms with Crippen molar-refractivity contribution in [3.8, 4) is 0 Å². The van der Waals surface area contributed by atoms with Crippen molar-refractivity contribution in [2.75, 3.05) is 41.3 Å². The molecule has 1 saturated carbocycles. The molecule has 1 aliphatic rings. The van der Waals surface area contributed by atoms with Gasteiger partial charge < -0.3 is 14.5 Å². The SMILES string of the molecule is CN(C)C(=NCCCOC1CCCCC1)N(C)C. The molecule has 106 valence electrons. The molecule has 0 aromatic heterocycles. The van der Waals surface area contributed by atoms with Crippen LogP contribution in [0.3, 0.4) is 0 Å². The van der Waals surface area contributed by atoms with E-state index in [-0.39, 0.29) is 0 Å². The van der Waals surface area contributed by atoms with Gasteiger partial charge in [0, 0.05) is 41.3 Å². The van der Waals surface area contributed by atoms with E-state index in [2.05, 4.69) is 4.99 Å². The van der Waals surface area contributed by atoms with Gasteiger partial charge in [-0.15, -0.1) is 0 Å². The van der Waals surface area contributed by atoms with Crippen molar-refractivity contribution >= 4 is 5.96 Å². The van der Waals surface area contributed by atoms with Crippen LogP contribution in [0, 0.1) is 0 Å². The van der Waals surface area contributed by atoms with E-state index in [4.69, 9.17) is 4.74 Å². The third kappa shape index (κ3) is 5.71. The Bertz CT molecular complexity index is 235. The van der Waals surface area contributed by atoms with Gasteiger partial charge in [0.2, 0.25) is 0 Å². The second-order valence-corrected chi connectivity index (χ2v) is 5.45. The third-order valence-corrected chi connectivity index (χ3v) is 3.26. The molecule has 0 unspecified atom stereocenters. The van der Waals surface area contributed by atoms with Gasteiger partial charge in [-0.05, 0) is 19.3 Å². The summed E-state index contributed by atoms with van der Waals surface area (Å²) in [4.78, 5) is 8.68. The molecule has 4 nitrogen and oxygen atoms in total. The summed E-state index contributed by atoms with van der Waals surface area (Å²) in [5.41, 5.74) is 0. The minimum absolute atomic E-state index is 0.518. The third-order valence-electron chi connectivity index (χ3n) is 3.26. The van der Waals surface area contributed by atoms with E-state index < -0.39 is 0 Å². The average molecular weight is 255 g/mol. The number of rotatable bonds is 5. The molecule has 0 aromatic rings. The van der Waals surface area contributed by atoms with Gasteiger partial charge in [0.25, 0.3) is 0 Å². The minimum Gasteiger partial charge on any atom is -0.378 e. The number of hydrogen-bond donors (Lipinski definition) is 0. The van der Waals surface area contributed by atoms with Crippen molar-refractivity contribution < 1.29 is 4.74 Å². The summed E-state index contributed by atoms with van der Waals surface area (Å²) in [7, 11) is 8.10. The molecule has 18 heavy (non-hydrogen) atoms. The topological polar surface area (TPSA) is 28.1 Å². The fraction of sp³-hybridized carbons (Fsp3) is 0.929. The van der Waals surface area contributed by atoms with Gasteiger partial charge in [0.05, 0.1) is 6.10 Å². The Labute approximate surface area is 112 Å². The van der Waals surface area contributed by atoms with Crippen molar-refractivity contribution in [2.45, 2.75) is 44.6 Å². The zero-order valence-electron chi connectivity index (χ0n) is 12.5. The molecular weight excluding hydrogens is 226 g/mol. The number of guanidine groups is 1. The lowest BCUT2D eigenvalue weighted by atomic mass is 9.98. The molecular formula is C14H29N3O. The van der Waals surface area contributed by atoms with E-state index in [0.29, 0.717) is 6.10 Å². The first-order valence-corrected chi connectivity index (χ1v) is 7.12. The molecule has 1 fully saturated rings. The fourth-order valence-corrected chi connectivity index (χ4v) is 2.41. The lowest BCUT2D eigenvalue weighted by molar-refractivity contribution is 0.0281. The van der Waals surface area contributed by atoms with E-state index in [0.717, 1.165) is 25.5 Å². The smallest absolute Gasteiger partial charge is 0.195 e. The summed E-state index contributed by atoms with van der Waals surface area (Å²) in [5, 5.41) is 0. The number of hydrogen-bond acceptors (Lipinski definition) is 2. The van der Waals surface area contributed by atoms with Crippen LogP contribution in [0.4, 0.5) is 0 Å². The van der Waals surface area contributed by atoms with Gasteiger partial charge in [-0.25, -0.2) is 0 Å². The minimum atomic E-state index is 0.518. The first-order valence-electron chi connectivity index (χ1n) is 7.12. The van der Waals surface area contributed by atoms with Crippen molar-refractivity contribution in [2.24, 2.45) is 4.99 Å². The first-order chi connectivity index (χ1) is 8.61. The average Bonchev–Trinajstić information content (AvgIpc) is 2.34. The second kappa shape index (κ2) is 8.35. The van der Waals surface area contributed by atoms with Gasteiger partial charge in [-0.1, -0.05) is 19.3 Å². The van der Waals surface area contributed by atoms with E-state index >= 15 is 0 Å². The lowest BCUT2D eigenvalue weighted by Crippen LogP contribution is -2.35. The molecule has 0 atom stereocenters. The molecule has 0 amide bonds. The van der Waals surface area contributed by atoms with Gasteiger partial charge in [-0.3, -0.25) is 4.99 Å². The molecule has 0 heterocycles. The highest BCUT2D eigenvalue weighted by Gasteiger charge is 2.12. The Morgan fingerprint density at radius 3 is 2.22 bits per heavy atom. The maximum absolute atomic E-state index is 5.89. The predicted molar refractivity (Wildman–Crippen MR) is 77.1 cm³/mol. The Hall–Kier alpha value is -0.770. The second-order valence-electron chi connectivity index (χ2n) is 5.45. The molecule has 0 aliphatic heterocycles. The summed E-state index contributed by atoms with van der Waals surface area (Å²) < 4.78 is 5.89. The van der Waals surface area contributed by atoms with Crippen LogP contribution < -0.4 is 0 Å². The molecule has 4 heteroatoms. The van der Waals surface area contributed by atoms with E-state index in [9.17, 15) is 0 Å². The summed E-state index contributed by atoms with van der Waals surface area (Å²) >= 11 is 0. The Kier molecular flexibility index (Phi) is 7.09. The predicted octanol–water partition coefficient (Wildman–Crippen LogP) is 2.21. The molecule has 0 N–H and O–H groups in total. The van der Waals surface area contributed by atoms with Crippen molar-refractivity contribution in [1.82, 2.24) is 9.80 Å². The quantitative estimate of drug-likeness (QED) is 0.428. The Morgan fingerprint density at radius 1 is 1.06 bits per heavy atom. The molecule has 0 radical (unpaired) electrons. The first kappa shape index (κ1) is 15.3. The van der Waals surface area contributed by atoms with E-state index in [1.54, 1.807) is 0 Å². The Balaban J connectivity index is 2.14. The molecule has 0 bridgehead atoms. The summed E-state index contributed by atoms with van der Waals surface area (Å²) in [6, 6.07) is 0. The van der Waals surface area contributed by atoms with Crippen LogP contribution >= 0.6 is 0 Å². The van der Waals surface area contributed by atoms with E-state index in [1.165, 1.54) is 32.1 Å². The van der Waals surface area contributed by atoms with Gasteiger partial charge in [-0.2, -0.15) is 0 Å². The fourth-order valence-electron chi connectivity index (χ4n) is 2.41. The lowest BCUT2D eigenvalue weighted by Gasteiger charge is -2.23. The largest absolute Gasteiger partial charge is 0.378 e. The van der Waals surface area contributed by atoms with Crippen LogP contribution in [-0.4, -0.2) is 63.2 Å². The van der Waals surface area contributed by atoms with Gasteiger partial charge in [0.15, 0.2) is 5.96 Å². The number of nitrogens with zero attached hydrogens (tertiary/aromatic N) is 3. The molecule has 0 saturated heterocycles. The Morgan fingerprint density at radius 2 is 1.67 bits per heavy atom. The standard InChI is InChI=1S/C14H29N3O/c1-16(2)14(17(3)4)15-11-8-12-18-13-9-6-5-7-10-13/h13H,5-12H2,1-4H3. The van der Waals surface area contributed by atoms with Crippen LogP contribution in [-0.2, 0) is 4.74 Å². The van der Waals surface area contributed by atoms with Crippen molar-refractivity contribution in [3.05, 3.63) is 0 Å². The number of aliphatic imine (C=N–C) groups is 1. The summed E-state index contributed by atoms with van der Waals surface area (Å²) in [6.45, 7) is 1.70. The number of ether oxygens (including phenoxy) is 1. The van der Waals surface area contributed by atoms with Crippen LogP contribution in [0.1, 0.15) is 38.5 Å². The van der Waals surface area contributed by atoms with Crippen LogP contribution in [0.2, 0.25) is 0 Å². The van der Waals surface area contributed by atoms with Crippen molar-refractivity contribution in [3.63, 3.8) is 0 Å². The zero-order chi connectivity index (χ0) is 13.4. The monoisotopic (exact) mass is 255 g/mol.